The number of hydrogen-bond acceptors (Lipinski definition) is 13. The molecule has 5 aromatic carbocycles. The molecule has 2 spiro atoms. The molecule has 0 bridgehead atoms. The Labute approximate surface area is 520 Å². The summed E-state index contributed by atoms with van der Waals surface area (Å²) in [5, 5.41) is 15.6. The molecule has 17 nitrogen and oxygen atoms in total. The third kappa shape index (κ3) is 12.0. The van der Waals surface area contributed by atoms with Crippen LogP contribution in [0.25, 0.3) is 22.2 Å². The summed E-state index contributed by atoms with van der Waals surface area (Å²) in [7, 11) is 0. The Kier molecular flexibility index (Phi) is 16.6. The number of nitrogens with zero attached hydrogens (tertiary/aromatic N) is 9. The van der Waals surface area contributed by atoms with Crippen LogP contribution in [0.15, 0.2) is 169 Å². The van der Waals surface area contributed by atoms with Crippen LogP contribution in [-0.4, -0.2) is 134 Å². The van der Waals surface area contributed by atoms with Crippen molar-refractivity contribution in [2.75, 3.05) is 62.2 Å². The van der Waals surface area contributed by atoms with Crippen LogP contribution in [0.1, 0.15) is 108 Å². The lowest BCUT2D eigenvalue weighted by molar-refractivity contribution is -0.156. The van der Waals surface area contributed by atoms with Gasteiger partial charge in [0.25, 0.3) is 0 Å². The number of carbonyl (C=O) groups is 4. The summed E-state index contributed by atoms with van der Waals surface area (Å²) in [5.41, 5.74) is 8.92. The molecule has 4 saturated heterocycles. The fraction of sp³-hybridized carbons (Fsp3) is 0.361. The van der Waals surface area contributed by atoms with E-state index in [1.165, 1.54) is 0 Å². The van der Waals surface area contributed by atoms with Gasteiger partial charge in [0.15, 0.2) is 0 Å². The van der Waals surface area contributed by atoms with E-state index in [0.717, 1.165) is 85.5 Å². The van der Waals surface area contributed by atoms with Gasteiger partial charge in [0.2, 0.25) is 23.6 Å². The second kappa shape index (κ2) is 24.5. The molecule has 0 aliphatic carbocycles. The highest BCUT2D eigenvalue weighted by molar-refractivity contribution is 6.16. The number of aliphatic imine (C=N–C) groups is 1. The van der Waals surface area contributed by atoms with E-state index in [1.807, 2.05) is 118 Å². The molecule has 89 heavy (non-hydrogen) atoms. The number of hydrogen-bond donors (Lipinski definition) is 1. The van der Waals surface area contributed by atoms with Crippen molar-refractivity contribution in [1.82, 2.24) is 29.5 Å². The van der Waals surface area contributed by atoms with Gasteiger partial charge in [0, 0.05) is 84.2 Å². The number of rotatable bonds is 16. The van der Waals surface area contributed by atoms with E-state index >= 15 is 0 Å². The van der Waals surface area contributed by atoms with Gasteiger partial charge in [-0.25, -0.2) is 14.6 Å². The molecule has 0 unspecified atom stereocenters. The molecule has 1 N–H and O–H groups in total. The van der Waals surface area contributed by atoms with Crippen LogP contribution in [0, 0.1) is 10.8 Å². The van der Waals surface area contributed by atoms with Gasteiger partial charge >= 0.3 is 11.9 Å². The number of carbonyl (C=O) groups excluding carboxylic acids is 3. The summed E-state index contributed by atoms with van der Waals surface area (Å²) in [5.74, 6) is 0.222. The first-order chi connectivity index (χ1) is 42.8. The summed E-state index contributed by atoms with van der Waals surface area (Å²) in [6.45, 7) is 17.9. The number of ether oxygens (including phenoxy) is 3. The van der Waals surface area contributed by atoms with Crippen LogP contribution in [0.2, 0.25) is 0 Å². The lowest BCUT2D eigenvalue weighted by Gasteiger charge is -2.37. The normalized spacial score (nSPS) is 19.4. The summed E-state index contributed by atoms with van der Waals surface area (Å²) < 4.78 is 19.3. The molecule has 458 valence electrons. The van der Waals surface area contributed by atoms with Crippen LogP contribution in [0.3, 0.4) is 0 Å². The highest BCUT2D eigenvalue weighted by Crippen LogP contribution is 2.48. The van der Waals surface area contributed by atoms with Crippen LogP contribution >= 0.6 is 0 Å². The van der Waals surface area contributed by atoms with Crippen molar-refractivity contribution < 1.29 is 38.5 Å². The SMILES string of the molecule is CC(C)Oc1ccc(-c2nn(C(c3ccccc3)(c3ccccc3)c3ccccc3)c3ccc(N4CC[C@]5(CCN(CC(=O)OC(C)(C)C)C5)C4=O)cc23)cn1.CC(C)Oc1ccc(C2=NCc3ccc(N4CC[C@]5(CCN(CC(=O)O)C5)C4=O)cc32)cn1. The van der Waals surface area contributed by atoms with Crippen LogP contribution < -0.4 is 19.3 Å². The largest absolute Gasteiger partial charge is 0.480 e. The van der Waals surface area contributed by atoms with Gasteiger partial charge in [-0.15, -0.1) is 0 Å². The number of amides is 2. The number of aliphatic carboxylic acids is 1. The van der Waals surface area contributed by atoms with Crippen molar-refractivity contribution in [3.63, 3.8) is 0 Å². The zero-order chi connectivity index (χ0) is 62.2. The van der Waals surface area contributed by atoms with Gasteiger partial charge in [-0.05, 0) is 152 Å². The Morgan fingerprint density at radius 2 is 1.09 bits per heavy atom. The standard InChI is InChI=1S/C47H49N5O4.C25H28N4O4/c1-33(2)55-41-24-21-34(30-48-41)43-39-29-38(51-28-26-46(44(51)54)25-27-50(32-46)31-42(53)56-45(3,4)5)22-23-40(39)52(49-43)47(35-15-9-6-10-16-35,36-17-11-7-12-18-36)37-19-13-8-14-20-37;1-16(2)33-21-6-4-18(13-26-21)23-20-11-19(5-3-17(20)12-27-23)29-10-8-25(24(29)32)7-9-28(15-25)14-22(30)31/h6-24,29-30,33H,25-28,31-32H2,1-5H3;3-6,11,13,16H,7-10,12,14-15H2,1-2H3,(H,30,31)/t46-;25-/m00/s1. The van der Waals surface area contributed by atoms with Crippen molar-refractivity contribution >= 4 is 51.7 Å². The van der Waals surface area contributed by atoms with E-state index in [4.69, 9.17) is 29.4 Å². The number of anilines is 2. The van der Waals surface area contributed by atoms with E-state index in [0.29, 0.717) is 70.4 Å². The number of carboxylic acid groups (broad SMARTS) is 1. The average Bonchev–Trinajstić information content (AvgIpc) is 1.68. The molecule has 3 aromatic heterocycles. The van der Waals surface area contributed by atoms with Crippen molar-refractivity contribution in [3.8, 4) is 23.0 Å². The molecule has 5 aliphatic rings. The molecular weight excluding hydrogens is 1120 g/mol. The maximum absolute atomic E-state index is 14.5. The Balaban J connectivity index is 0.000000198. The second-order valence-electron chi connectivity index (χ2n) is 25.8. The minimum absolute atomic E-state index is 0.00951. The van der Waals surface area contributed by atoms with Gasteiger partial charge in [0.1, 0.15) is 16.8 Å². The summed E-state index contributed by atoms with van der Waals surface area (Å²) in [6, 6.07) is 51.6. The van der Waals surface area contributed by atoms with Gasteiger partial charge in [-0.1, -0.05) is 97.1 Å². The topological polar surface area (TPSA) is 185 Å². The highest BCUT2D eigenvalue weighted by atomic mass is 16.6. The second-order valence-corrected chi connectivity index (χ2v) is 25.8. The van der Waals surface area contributed by atoms with Crippen molar-refractivity contribution in [3.05, 3.63) is 197 Å². The lowest BCUT2D eigenvalue weighted by atomic mass is 9.77. The van der Waals surface area contributed by atoms with Crippen molar-refractivity contribution in [2.45, 2.75) is 104 Å². The predicted molar refractivity (Wildman–Crippen MR) is 344 cm³/mol. The summed E-state index contributed by atoms with van der Waals surface area (Å²) in [4.78, 5) is 73.2. The first kappa shape index (κ1) is 60.2. The van der Waals surface area contributed by atoms with Crippen LogP contribution in [0.4, 0.5) is 11.4 Å². The van der Waals surface area contributed by atoms with E-state index in [-0.39, 0.29) is 43.1 Å². The number of carboxylic acids is 1. The molecule has 8 heterocycles. The average molecular weight is 1200 g/mol. The molecule has 2 amide bonds. The van der Waals surface area contributed by atoms with Gasteiger partial charge in [0.05, 0.1) is 53.9 Å². The number of esters is 1. The zero-order valence-electron chi connectivity index (χ0n) is 51.8. The smallest absolute Gasteiger partial charge is 0.320 e. The lowest BCUT2D eigenvalue weighted by Crippen LogP contribution is -2.39. The minimum atomic E-state index is -0.856. The number of benzene rings is 5. The van der Waals surface area contributed by atoms with E-state index < -0.39 is 27.9 Å². The molecule has 0 radical (unpaired) electrons. The van der Waals surface area contributed by atoms with Gasteiger partial charge < -0.3 is 29.1 Å². The molecular formula is C72H77N9O8. The Bertz CT molecular complexity index is 3850. The third-order valence-corrected chi connectivity index (χ3v) is 17.7. The molecule has 5 aliphatic heterocycles. The first-order valence-corrected chi connectivity index (χ1v) is 31.0. The molecule has 2 atom stereocenters. The number of pyridine rings is 2. The monoisotopic (exact) mass is 1200 g/mol. The predicted octanol–water partition coefficient (Wildman–Crippen LogP) is 11.2. The number of fused-ring (bicyclic) bond motifs is 2. The minimum Gasteiger partial charge on any atom is -0.480 e. The first-order valence-electron chi connectivity index (χ1n) is 31.0. The van der Waals surface area contributed by atoms with E-state index in [9.17, 15) is 19.2 Å². The zero-order valence-corrected chi connectivity index (χ0v) is 51.8. The fourth-order valence-corrected chi connectivity index (χ4v) is 13.7. The third-order valence-electron chi connectivity index (χ3n) is 17.7. The maximum Gasteiger partial charge on any atom is 0.320 e. The Morgan fingerprint density at radius 1 is 0.596 bits per heavy atom. The molecule has 13 rings (SSSR count). The van der Waals surface area contributed by atoms with E-state index in [2.05, 4.69) is 123 Å². The quantitative estimate of drug-likeness (QED) is 0.0712. The Hall–Kier alpha value is -9.06. The Morgan fingerprint density at radius 3 is 1.58 bits per heavy atom. The molecule has 0 saturated carbocycles. The van der Waals surface area contributed by atoms with Crippen molar-refractivity contribution in [2.24, 2.45) is 15.8 Å². The van der Waals surface area contributed by atoms with Crippen molar-refractivity contribution in [1.29, 1.82) is 0 Å². The van der Waals surface area contributed by atoms with Crippen LogP contribution in [0.5, 0.6) is 11.8 Å². The van der Waals surface area contributed by atoms with Gasteiger partial charge in [-0.3, -0.25) is 34.0 Å². The summed E-state index contributed by atoms with van der Waals surface area (Å²) >= 11 is 0. The summed E-state index contributed by atoms with van der Waals surface area (Å²) in [6.07, 6.45) is 6.55. The van der Waals surface area contributed by atoms with Crippen LogP contribution in [-0.2, 0) is 36.0 Å². The van der Waals surface area contributed by atoms with Gasteiger partial charge in [-0.2, -0.15) is 5.10 Å². The molecule has 17 heteroatoms. The molecule has 8 aromatic rings. The fourth-order valence-electron chi connectivity index (χ4n) is 13.7. The number of aromatic nitrogens is 4. The number of likely N-dealkylation sites (tertiary alicyclic amines) is 2. The van der Waals surface area contributed by atoms with E-state index in [1.54, 1.807) is 6.20 Å². The maximum atomic E-state index is 14.5. The highest BCUT2D eigenvalue weighted by Gasteiger charge is 2.53. The molecule has 4 fully saturated rings.